The number of halogens is 2. The molecule has 3 N–H and O–H groups in total. The van der Waals surface area contributed by atoms with Crippen molar-refractivity contribution in [1.82, 2.24) is 0 Å². The summed E-state index contributed by atoms with van der Waals surface area (Å²) in [6, 6.07) is 3.66. The number of rotatable bonds is 3. The largest absolute Gasteiger partial charge is 0.508 e. The van der Waals surface area contributed by atoms with Gasteiger partial charge in [-0.1, -0.05) is 6.07 Å². The van der Waals surface area contributed by atoms with Crippen LogP contribution in [-0.4, -0.2) is 10.3 Å². The molecule has 0 bridgehead atoms. The van der Waals surface area contributed by atoms with Crippen molar-refractivity contribution in [3.8, 4) is 5.75 Å². The molecule has 0 spiro atoms. The van der Waals surface area contributed by atoms with Crippen LogP contribution in [0.5, 0.6) is 5.75 Å². The van der Waals surface area contributed by atoms with Gasteiger partial charge < -0.3 is 10.8 Å². The van der Waals surface area contributed by atoms with Crippen LogP contribution in [0.25, 0.3) is 0 Å². The molecule has 0 saturated carbocycles. The molecule has 0 aromatic heterocycles. The molecule has 0 aliphatic rings. The number of carbonyl (C=O) groups excluding carboxylic acids is 1. The van der Waals surface area contributed by atoms with Crippen LogP contribution in [0.15, 0.2) is 18.2 Å². The molecule has 0 saturated heterocycles. The Kier molecular flexibility index (Phi) is 3.75. The number of phenolic OH excluding ortho intramolecular Hbond substituents is 1. The number of hydrogen-bond donors (Lipinski definition) is 2. The summed E-state index contributed by atoms with van der Waals surface area (Å²) in [5.41, 5.74) is 6.57. The van der Waals surface area contributed by atoms with E-state index in [0.717, 1.165) is 0 Å². The summed E-state index contributed by atoms with van der Waals surface area (Å²) in [7, 11) is 0. The molecular formula is C9H9Cl2NO2. The van der Waals surface area contributed by atoms with Gasteiger partial charge in [-0.05, 0) is 29.3 Å². The van der Waals surface area contributed by atoms with Gasteiger partial charge in [0, 0.05) is 5.56 Å². The number of aromatic hydroxyl groups is 1. The minimum absolute atomic E-state index is 0.0815. The SMILES string of the molecule is NC(C(=O)Cl)c1ccc(O)c(CCl)c1. The van der Waals surface area contributed by atoms with E-state index in [4.69, 9.17) is 28.9 Å². The number of alkyl halides is 1. The van der Waals surface area contributed by atoms with Crippen LogP contribution in [0.4, 0.5) is 0 Å². The van der Waals surface area contributed by atoms with Crippen molar-refractivity contribution in [2.75, 3.05) is 0 Å². The Hall–Kier alpha value is -0.770. The first kappa shape index (κ1) is 11.3. The van der Waals surface area contributed by atoms with E-state index >= 15 is 0 Å². The summed E-state index contributed by atoms with van der Waals surface area (Å²) in [5.74, 6) is 0.237. The molecule has 0 radical (unpaired) electrons. The molecule has 1 aromatic carbocycles. The molecule has 0 amide bonds. The Labute approximate surface area is 91.4 Å². The van der Waals surface area contributed by atoms with Crippen LogP contribution in [0.1, 0.15) is 17.2 Å². The molecule has 0 aliphatic carbocycles. The zero-order valence-corrected chi connectivity index (χ0v) is 8.72. The van der Waals surface area contributed by atoms with E-state index < -0.39 is 11.3 Å². The van der Waals surface area contributed by atoms with E-state index in [1.54, 1.807) is 6.07 Å². The van der Waals surface area contributed by atoms with E-state index in [1.807, 2.05) is 0 Å². The van der Waals surface area contributed by atoms with Crippen LogP contribution in [-0.2, 0) is 10.7 Å². The molecule has 5 heteroatoms. The highest BCUT2D eigenvalue weighted by atomic mass is 35.5. The van der Waals surface area contributed by atoms with Gasteiger partial charge in [0.2, 0.25) is 5.24 Å². The Balaban J connectivity index is 3.06. The van der Waals surface area contributed by atoms with Gasteiger partial charge in [-0.3, -0.25) is 4.79 Å². The topological polar surface area (TPSA) is 63.3 Å². The van der Waals surface area contributed by atoms with E-state index in [0.29, 0.717) is 11.1 Å². The second-order valence-corrected chi connectivity index (χ2v) is 3.44. The predicted octanol–water partition coefficient (Wildman–Crippen LogP) is 1.90. The van der Waals surface area contributed by atoms with Crippen molar-refractivity contribution in [2.45, 2.75) is 11.9 Å². The highest BCUT2D eigenvalue weighted by Gasteiger charge is 2.14. The zero-order valence-electron chi connectivity index (χ0n) is 7.21. The van der Waals surface area contributed by atoms with Crippen LogP contribution >= 0.6 is 23.2 Å². The fourth-order valence-electron chi connectivity index (χ4n) is 1.04. The lowest BCUT2D eigenvalue weighted by Crippen LogP contribution is -2.16. The van der Waals surface area contributed by atoms with Crippen LogP contribution < -0.4 is 5.73 Å². The van der Waals surface area contributed by atoms with E-state index in [-0.39, 0.29) is 11.6 Å². The molecule has 0 heterocycles. The maximum absolute atomic E-state index is 10.8. The van der Waals surface area contributed by atoms with E-state index in [2.05, 4.69) is 0 Å². The molecular weight excluding hydrogens is 225 g/mol. The first-order valence-corrected chi connectivity index (χ1v) is 4.80. The van der Waals surface area contributed by atoms with Gasteiger partial charge in [0.15, 0.2) is 0 Å². The summed E-state index contributed by atoms with van der Waals surface area (Å²) >= 11 is 10.8. The first-order chi connectivity index (χ1) is 6.56. The quantitative estimate of drug-likeness (QED) is 0.620. The van der Waals surface area contributed by atoms with Gasteiger partial charge in [0.25, 0.3) is 0 Å². The molecule has 1 unspecified atom stereocenters. The lowest BCUT2D eigenvalue weighted by Gasteiger charge is -2.09. The molecule has 1 aromatic rings. The number of nitrogens with two attached hydrogens (primary N) is 1. The molecule has 14 heavy (non-hydrogen) atoms. The Morgan fingerprint density at radius 1 is 1.57 bits per heavy atom. The monoisotopic (exact) mass is 233 g/mol. The minimum Gasteiger partial charge on any atom is -0.508 e. The lowest BCUT2D eigenvalue weighted by atomic mass is 10.1. The predicted molar refractivity (Wildman–Crippen MR) is 55.5 cm³/mol. The molecule has 1 atom stereocenters. The number of carbonyl (C=O) groups is 1. The smallest absolute Gasteiger partial charge is 0.242 e. The first-order valence-electron chi connectivity index (χ1n) is 3.89. The summed E-state index contributed by atoms with van der Waals surface area (Å²) < 4.78 is 0. The van der Waals surface area contributed by atoms with Gasteiger partial charge in [-0.15, -0.1) is 11.6 Å². The molecule has 3 nitrogen and oxygen atoms in total. The van der Waals surface area contributed by atoms with Gasteiger partial charge in [0.1, 0.15) is 11.8 Å². The zero-order chi connectivity index (χ0) is 10.7. The van der Waals surface area contributed by atoms with Gasteiger partial charge in [-0.25, -0.2) is 0 Å². The molecule has 0 fully saturated rings. The molecule has 0 aliphatic heterocycles. The highest BCUT2D eigenvalue weighted by Crippen LogP contribution is 2.23. The van der Waals surface area contributed by atoms with Gasteiger partial charge in [-0.2, -0.15) is 0 Å². The van der Waals surface area contributed by atoms with Crippen LogP contribution in [0, 0.1) is 0 Å². The standard InChI is InChI=1S/C9H9Cl2NO2/c10-4-6-3-5(1-2-7(6)13)8(12)9(11)14/h1-3,8,13H,4,12H2. The maximum Gasteiger partial charge on any atom is 0.242 e. The number of phenols is 1. The van der Waals surface area contributed by atoms with Crippen molar-refractivity contribution in [2.24, 2.45) is 5.73 Å². The lowest BCUT2D eigenvalue weighted by molar-refractivity contribution is -0.112. The second kappa shape index (κ2) is 4.64. The number of benzene rings is 1. The van der Waals surface area contributed by atoms with Crippen molar-refractivity contribution in [3.63, 3.8) is 0 Å². The van der Waals surface area contributed by atoms with E-state index in [1.165, 1.54) is 12.1 Å². The summed E-state index contributed by atoms with van der Waals surface area (Å²) in [5, 5.41) is 8.67. The fraction of sp³-hybridized carbons (Fsp3) is 0.222. The van der Waals surface area contributed by atoms with Crippen LogP contribution in [0.3, 0.4) is 0 Å². The fourth-order valence-corrected chi connectivity index (χ4v) is 1.38. The van der Waals surface area contributed by atoms with Gasteiger partial charge >= 0.3 is 0 Å². The summed E-state index contributed by atoms with van der Waals surface area (Å²) in [4.78, 5) is 10.8. The second-order valence-electron chi connectivity index (χ2n) is 2.80. The molecule has 76 valence electrons. The summed E-state index contributed by atoms with van der Waals surface area (Å²) in [6.45, 7) is 0. The third-order valence-electron chi connectivity index (χ3n) is 1.85. The van der Waals surface area contributed by atoms with Crippen molar-refractivity contribution in [1.29, 1.82) is 0 Å². The highest BCUT2D eigenvalue weighted by molar-refractivity contribution is 6.64. The van der Waals surface area contributed by atoms with Crippen molar-refractivity contribution >= 4 is 28.4 Å². The van der Waals surface area contributed by atoms with Gasteiger partial charge in [0.05, 0.1) is 5.88 Å². The minimum atomic E-state index is -0.876. The Morgan fingerprint density at radius 2 is 2.21 bits per heavy atom. The van der Waals surface area contributed by atoms with Crippen LogP contribution in [0.2, 0.25) is 0 Å². The average Bonchev–Trinajstić information content (AvgIpc) is 2.17. The van der Waals surface area contributed by atoms with Crippen molar-refractivity contribution in [3.05, 3.63) is 29.3 Å². The Morgan fingerprint density at radius 3 is 2.71 bits per heavy atom. The average molecular weight is 234 g/mol. The van der Waals surface area contributed by atoms with Crippen molar-refractivity contribution < 1.29 is 9.90 Å². The van der Waals surface area contributed by atoms with E-state index in [9.17, 15) is 9.90 Å². The number of hydrogen-bond acceptors (Lipinski definition) is 3. The third-order valence-corrected chi connectivity index (χ3v) is 2.37. The Bertz CT molecular complexity index is 355. The maximum atomic E-state index is 10.8. The normalized spacial score (nSPS) is 12.5. The third kappa shape index (κ3) is 2.38. The summed E-state index contributed by atoms with van der Waals surface area (Å²) in [6.07, 6.45) is 0. The molecule has 1 rings (SSSR count).